The van der Waals surface area contributed by atoms with Crippen LogP contribution in [0, 0.1) is 0 Å². The summed E-state index contributed by atoms with van der Waals surface area (Å²) in [5.74, 6) is -0.715. The van der Waals surface area contributed by atoms with Crippen molar-refractivity contribution in [2.75, 3.05) is 13.7 Å². The SMILES string of the molecule is CCOC(=O)OC1=C(NC)C2(CC1=O)C(=O)N=C1C=CC=CN12. The number of allylic oxidation sites excluding steroid dienone is 3. The Bertz CT molecular complexity index is 719. The lowest BCUT2D eigenvalue weighted by Gasteiger charge is -2.34. The Hall–Kier alpha value is -2.90. The molecule has 1 spiro atoms. The normalized spacial score (nSPS) is 25.1. The van der Waals surface area contributed by atoms with E-state index in [1.165, 1.54) is 0 Å². The highest BCUT2D eigenvalue weighted by Gasteiger charge is 2.60. The summed E-state index contributed by atoms with van der Waals surface area (Å²) in [5, 5.41) is 2.82. The van der Waals surface area contributed by atoms with E-state index in [1.807, 2.05) is 0 Å². The molecule has 120 valence electrons. The fourth-order valence-corrected chi connectivity index (χ4v) is 2.92. The molecule has 0 aromatic carbocycles. The number of Topliss-reactive ketones (excluding diaryl/α,β-unsaturated/α-hetero) is 1. The summed E-state index contributed by atoms with van der Waals surface area (Å²) < 4.78 is 9.72. The Morgan fingerprint density at radius 2 is 2.22 bits per heavy atom. The number of rotatable bonds is 3. The molecule has 8 nitrogen and oxygen atoms in total. The molecular weight excluding hydrogens is 302 g/mol. The molecule has 0 bridgehead atoms. The number of ketones is 1. The predicted molar refractivity (Wildman–Crippen MR) is 79.1 cm³/mol. The maximum atomic E-state index is 12.5. The van der Waals surface area contributed by atoms with Crippen molar-refractivity contribution in [2.45, 2.75) is 18.9 Å². The summed E-state index contributed by atoms with van der Waals surface area (Å²) in [5.41, 5.74) is -1.12. The van der Waals surface area contributed by atoms with Gasteiger partial charge in [0.2, 0.25) is 5.78 Å². The lowest BCUT2D eigenvalue weighted by atomic mass is 9.93. The van der Waals surface area contributed by atoms with Crippen LogP contribution in [0.5, 0.6) is 0 Å². The van der Waals surface area contributed by atoms with Gasteiger partial charge in [-0.2, -0.15) is 4.99 Å². The molecular formula is C15H15N3O5. The number of ether oxygens (including phenoxy) is 2. The zero-order valence-corrected chi connectivity index (χ0v) is 12.7. The summed E-state index contributed by atoms with van der Waals surface area (Å²) in [6.07, 6.45) is 5.68. The van der Waals surface area contributed by atoms with Gasteiger partial charge in [0.05, 0.1) is 18.7 Å². The van der Waals surface area contributed by atoms with E-state index in [4.69, 9.17) is 9.47 Å². The maximum Gasteiger partial charge on any atom is 0.514 e. The third kappa shape index (κ3) is 2.06. The van der Waals surface area contributed by atoms with Crippen molar-refractivity contribution in [3.8, 4) is 0 Å². The number of amidine groups is 1. The predicted octanol–water partition coefficient (Wildman–Crippen LogP) is 0.626. The standard InChI is InChI=1S/C15H15N3O5/c1-3-22-14(21)23-11-9(19)8-15(12(11)16-2)13(20)17-10-6-4-5-7-18(10)15/h4-7,16H,3,8H2,1-2H3. The van der Waals surface area contributed by atoms with Crippen LogP contribution in [0.4, 0.5) is 4.79 Å². The van der Waals surface area contributed by atoms with Gasteiger partial charge in [-0.25, -0.2) is 4.79 Å². The van der Waals surface area contributed by atoms with Gasteiger partial charge in [0.15, 0.2) is 11.3 Å². The Balaban J connectivity index is 2.04. The van der Waals surface area contributed by atoms with Crippen molar-refractivity contribution < 1.29 is 23.9 Å². The summed E-state index contributed by atoms with van der Waals surface area (Å²) in [7, 11) is 1.55. The molecule has 2 heterocycles. The lowest BCUT2D eigenvalue weighted by Crippen LogP contribution is -2.52. The smallest absolute Gasteiger partial charge is 0.434 e. The number of hydrogen-bond donors (Lipinski definition) is 1. The highest BCUT2D eigenvalue weighted by atomic mass is 16.7. The molecule has 0 aromatic heterocycles. The first-order valence-electron chi connectivity index (χ1n) is 7.12. The van der Waals surface area contributed by atoms with Crippen molar-refractivity contribution in [3.63, 3.8) is 0 Å². The molecule has 1 atom stereocenters. The largest absolute Gasteiger partial charge is 0.514 e. The highest BCUT2D eigenvalue weighted by Crippen LogP contribution is 2.42. The Morgan fingerprint density at radius 3 is 2.91 bits per heavy atom. The van der Waals surface area contributed by atoms with Crippen molar-refractivity contribution in [2.24, 2.45) is 4.99 Å². The van der Waals surface area contributed by atoms with Gasteiger partial charge >= 0.3 is 6.16 Å². The average molecular weight is 317 g/mol. The number of aliphatic imine (C=N–C) groups is 1. The van der Waals surface area contributed by atoms with E-state index in [0.717, 1.165) is 0 Å². The van der Waals surface area contributed by atoms with Crippen molar-refractivity contribution in [1.29, 1.82) is 0 Å². The molecule has 3 rings (SSSR count). The van der Waals surface area contributed by atoms with Gasteiger partial charge < -0.3 is 19.7 Å². The van der Waals surface area contributed by atoms with E-state index in [0.29, 0.717) is 5.84 Å². The summed E-state index contributed by atoms with van der Waals surface area (Å²) in [6, 6.07) is 0. The van der Waals surface area contributed by atoms with Crippen LogP contribution in [0.2, 0.25) is 0 Å². The summed E-state index contributed by atoms with van der Waals surface area (Å²) in [6.45, 7) is 1.74. The number of likely N-dealkylation sites (N-methyl/N-ethyl adjacent to an activating group) is 1. The molecule has 1 N–H and O–H groups in total. The fraction of sp³-hybridized carbons (Fsp3) is 0.333. The third-order valence-electron chi connectivity index (χ3n) is 3.83. The molecule has 1 aliphatic carbocycles. The minimum atomic E-state index is -1.33. The third-order valence-corrected chi connectivity index (χ3v) is 3.83. The van der Waals surface area contributed by atoms with Crippen LogP contribution in [-0.4, -0.2) is 47.8 Å². The van der Waals surface area contributed by atoms with Gasteiger partial charge in [0.1, 0.15) is 5.84 Å². The fourth-order valence-electron chi connectivity index (χ4n) is 2.92. The molecule has 8 heteroatoms. The van der Waals surface area contributed by atoms with Gasteiger partial charge in [-0.1, -0.05) is 6.08 Å². The van der Waals surface area contributed by atoms with E-state index in [1.54, 1.807) is 43.3 Å². The molecule has 0 saturated carbocycles. The van der Waals surface area contributed by atoms with E-state index in [2.05, 4.69) is 10.3 Å². The van der Waals surface area contributed by atoms with Crippen LogP contribution >= 0.6 is 0 Å². The van der Waals surface area contributed by atoms with Crippen LogP contribution < -0.4 is 5.32 Å². The summed E-state index contributed by atoms with van der Waals surface area (Å²) >= 11 is 0. The van der Waals surface area contributed by atoms with E-state index in [-0.39, 0.29) is 24.5 Å². The quantitative estimate of drug-likeness (QED) is 0.762. The topological polar surface area (TPSA) is 97.3 Å². The number of fused-ring (bicyclic) bond motifs is 2. The Kier molecular flexibility index (Phi) is 3.51. The van der Waals surface area contributed by atoms with Gasteiger partial charge in [-0.3, -0.25) is 9.59 Å². The van der Waals surface area contributed by atoms with Gasteiger partial charge in [-0.05, 0) is 19.1 Å². The first kappa shape index (κ1) is 15.0. The van der Waals surface area contributed by atoms with E-state index < -0.39 is 23.4 Å². The van der Waals surface area contributed by atoms with Gasteiger partial charge in [0, 0.05) is 13.2 Å². The van der Waals surface area contributed by atoms with Gasteiger partial charge in [0.25, 0.3) is 5.91 Å². The van der Waals surface area contributed by atoms with Gasteiger partial charge in [-0.15, -0.1) is 0 Å². The maximum absolute atomic E-state index is 12.5. The minimum Gasteiger partial charge on any atom is -0.434 e. The zero-order chi connectivity index (χ0) is 16.6. The number of amides is 1. The van der Waals surface area contributed by atoms with Crippen molar-refractivity contribution >= 4 is 23.7 Å². The molecule has 23 heavy (non-hydrogen) atoms. The first-order chi connectivity index (χ1) is 11.0. The summed E-state index contributed by atoms with van der Waals surface area (Å²) in [4.78, 5) is 42.1. The molecule has 0 radical (unpaired) electrons. The monoisotopic (exact) mass is 317 g/mol. The highest BCUT2D eigenvalue weighted by molar-refractivity contribution is 6.18. The number of carbonyl (C=O) groups excluding carboxylic acids is 3. The van der Waals surface area contributed by atoms with Crippen LogP contribution in [0.1, 0.15) is 13.3 Å². The molecule has 2 aliphatic heterocycles. The van der Waals surface area contributed by atoms with Crippen LogP contribution in [0.3, 0.4) is 0 Å². The second kappa shape index (κ2) is 5.38. The number of hydrogen-bond acceptors (Lipinski definition) is 7. The Labute approximate surface area is 132 Å². The van der Waals surface area contributed by atoms with E-state index >= 15 is 0 Å². The Morgan fingerprint density at radius 1 is 1.43 bits per heavy atom. The molecule has 0 saturated heterocycles. The molecule has 0 aromatic rings. The van der Waals surface area contributed by atoms with Crippen LogP contribution in [0.25, 0.3) is 0 Å². The number of nitrogens with one attached hydrogen (secondary N) is 1. The first-order valence-corrected chi connectivity index (χ1v) is 7.12. The minimum absolute atomic E-state index is 0.117. The number of nitrogens with zero attached hydrogens (tertiary/aromatic N) is 2. The molecule has 0 fully saturated rings. The second-order valence-corrected chi connectivity index (χ2v) is 5.05. The number of carbonyl (C=O) groups is 3. The average Bonchev–Trinajstić information content (AvgIpc) is 2.96. The van der Waals surface area contributed by atoms with Crippen molar-refractivity contribution in [1.82, 2.24) is 10.2 Å². The zero-order valence-electron chi connectivity index (χ0n) is 12.7. The lowest BCUT2D eigenvalue weighted by molar-refractivity contribution is -0.126. The van der Waals surface area contributed by atoms with E-state index in [9.17, 15) is 14.4 Å². The van der Waals surface area contributed by atoms with Crippen LogP contribution in [0.15, 0.2) is 40.9 Å². The van der Waals surface area contributed by atoms with Crippen LogP contribution in [-0.2, 0) is 19.1 Å². The van der Waals surface area contributed by atoms with Crippen molar-refractivity contribution in [3.05, 3.63) is 35.9 Å². The molecule has 3 aliphatic rings. The molecule has 1 amide bonds. The molecule has 1 unspecified atom stereocenters. The second-order valence-electron chi connectivity index (χ2n) is 5.05.